The summed E-state index contributed by atoms with van der Waals surface area (Å²) in [5, 5.41) is 2.14. The number of unbranched alkanes of at least 4 members (excludes halogenated alkanes) is 2. The molecule has 0 atom stereocenters. The fraction of sp³-hybridized carbons (Fsp3) is 0.500. The summed E-state index contributed by atoms with van der Waals surface area (Å²) in [6.07, 6.45) is 6.02. The zero-order chi connectivity index (χ0) is 19.1. The summed E-state index contributed by atoms with van der Waals surface area (Å²) >= 11 is 0. The fourth-order valence-electron chi connectivity index (χ4n) is 3.79. The number of hydrogen-bond acceptors (Lipinski definition) is 4. The van der Waals surface area contributed by atoms with E-state index in [1.54, 1.807) is 7.11 Å². The molecule has 0 amide bonds. The number of fused-ring (bicyclic) bond motifs is 1. The Hall–Kier alpha value is -1.43. The van der Waals surface area contributed by atoms with Gasteiger partial charge in [-0.1, -0.05) is 48.9 Å². The number of sulfone groups is 1. The van der Waals surface area contributed by atoms with Crippen LogP contribution in [0.5, 0.6) is 0 Å². The first-order valence-corrected chi connectivity index (χ1v) is 11.7. The molecule has 27 heavy (non-hydrogen) atoms. The summed E-state index contributed by atoms with van der Waals surface area (Å²) in [5.41, 5.74) is 0.909. The molecule has 5 heteroatoms. The predicted octanol–water partition coefficient (Wildman–Crippen LogP) is 4.20. The number of ether oxygens (including phenoxy) is 1. The first kappa shape index (κ1) is 20.3. The molecule has 147 valence electrons. The van der Waals surface area contributed by atoms with E-state index in [4.69, 9.17) is 4.74 Å². The largest absolute Gasteiger partial charge is 0.375 e. The zero-order valence-electron chi connectivity index (χ0n) is 16.2. The van der Waals surface area contributed by atoms with Crippen molar-refractivity contribution < 1.29 is 13.2 Å². The van der Waals surface area contributed by atoms with Gasteiger partial charge in [0.05, 0.1) is 17.6 Å². The number of rotatable bonds is 9. The van der Waals surface area contributed by atoms with E-state index in [-0.39, 0.29) is 11.5 Å². The maximum Gasteiger partial charge on any atom is 0.154 e. The maximum absolute atomic E-state index is 12.6. The van der Waals surface area contributed by atoms with Crippen LogP contribution in [0.1, 0.15) is 37.7 Å². The molecule has 4 nitrogen and oxygen atoms in total. The Labute approximate surface area is 163 Å². The lowest BCUT2D eigenvalue weighted by Crippen LogP contribution is -2.34. The Morgan fingerprint density at radius 3 is 2.48 bits per heavy atom. The van der Waals surface area contributed by atoms with E-state index in [1.165, 1.54) is 6.10 Å². The topological polar surface area (TPSA) is 46.6 Å². The van der Waals surface area contributed by atoms with Gasteiger partial charge in [-0.3, -0.25) is 0 Å². The van der Waals surface area contributed by atoms with Crippen molar-refractivity contribution in [2.45, 2.75) is 37.9 Å². The van der Waals surface area contributed by atoms with E-state index >= 15 is 0 Å². The van der Waals surface area contributed by atoms with E-state index in [0.717, 1.165) is 68.1 Å². The molecule has 1 fully saturated rings. The molecule has 1 saturated heterocycles. The monoisotopic (exact) mass is 388 g/mol. The van der Waals surface area contributed by atoms with Crippen LogP contribution in [-0.2, 0) is 20.3 Å². The average molecular weight is 389 g/mol. The molecule has 0 N–H and O–H groups in total. The van der Waals surface area contributed by atoms with E-state index < -0.39 is 9.84 Å². The molecule has 0 saturated carbocycles. The van der Waals surface area contributed by atoms with Crippen molar-refractivity contribution in [2.75, 3.05) is 32.5 Å². The molecular weight excluding hydrogens is 358 g/mol. The number of likely N-dealkylation sites (tertiary alicyclic amines) is 1. The van der Waals surface area contributed by atoms with Gasteiger partial charge in [-0.25, -0.2) is 8.42 Å². The quantitative estimate of drug-likeness (QED) is 0.604. The number of piperidine rings is 1. The predicted molar refractivity (Wildman–Crippen MR) is 111 cm³/mol. The maximum atomic E-state index is 12.6. The SMILES string of the molecule is CO[C]1CCN(CCCCCS(=O)(=O)Cc2cccc3ccccc23)CC1. The van der Waals surface area contributed by atoms with Crippen LogP contribution in [0.2, 0.25) is 0 Å². The molecule has 1 radical (unpaired) electrons. The molecule has 0 aliphatic carbocycles. The molecule has 0 spiro atoms. The molecular formula is C22H30NO3S. The third-order valence-corrected chi connectivity index (χ3v) is 7.05. The minimum absolute atomic E-state index is 0.135. The summed E-state index contributed by atoms with van der Waals surface area (Å²) in [5.74, 6) is 0.411. The van der Waals surface area contributed by atoms with Gasteiger partial charge in [-0.15, -0.1) is 0 Å². The molecule has 1 heterocycles. The summed E-state index contributed by atoms with van der Waals surface area (Å²) in [7, 11) is -1.32. The lowest BCUT2D eigenvalue weighted by atomic mass is 10.1. The minimum Gasteiger partial charge on any atom is -0.375 e. The van der Waals surface area contributed by atoms with Crippen LogP contribution in [0.3, 0.4) is 0 Å². The second kappa shape index (κ2) is 9.67. The lowest BCUT2D eigenvalue weighted by Gasteiger charge is -2.30. The Bertz CT molecular complexity index is 821. The van der Waals surface area contributed by atoms with Crippen LogP contribution >= 0.6 is 0 Å². The first-order chi connectivity index (χ1) is 13.1. The standard InChI is InChI=1S/C22H30NO3S/c1-26-21-12-15-23(16-13-21)14-5-2-6-17-27(24,25)18-20-10-7-9-19-8-3-4-11-22(19)20/h3-4,7-11H,2,5-6,12-18H2,1H3. The van der Waals surface area contributed by atoms with Crippen LogP contribution in [0.15, 0.2) is 42.5 Å². The Morgan fingerprint density at radius 2 is 1.70 bits per heavy atom. The number of nitrogens with zero attached hydrogens (tertiary/aromatic N) is 1. The van der Waals surface area contributed by atoms with E-state index in [1.807, 2.05) is 42.5 Å². The smallest absolute Gasteiger partial charge is 0.154 e. The van der Waals surface area contributed by atoms with E-state index in [0.29, 0.717) is 0 Å². The van der Waals surface area contributed by atoms with Gasteiger partial charge in [0.1, 0.15) is 0 Å². The second-order valence-electron chi connectivity index (χ2n) is 7.38. The number of methoxy groups -OCH3 is 1. The van der Waals surface area contributed by atoms with Gasteiger partial charge in [-0.05, 0) is 48.6 Å². The van der Waals surface area contributed by atoms with Crippen molar-refractivity contribution in [1.29, 1.82) is 0 Å². The van der Waals surface area contributed by atoms with Crippen LogP contribution in [0, 0.1) is 6.10 Å². The van der Waals surface area contributed by atoms with Gasteiger partial charge in [-0.2, -0.15) is 0 Å². The molecule has 3 rings (SSSR count). The van der Waals surface area contributed by atoms with E-state index in [9.17, 15) is 8.42 Å². The molecule has 2 aromatic rings. The Balaban J connectivity index is 1.41. The van der Waals surface area contributed by atoms with Crippen LogP contribution < -0.4 is 0 Å². The van der Waals surface area contributed by atoms with Crippen molar-refractivity contribution in [1.82, 2.24) is 4.90 Å². The highest BCUT2D eigenvalue weighted by Crippen LogP contribution is 2.22. The van der Waals surface area contributed by atoms with Crippen LogP contribution in [0.4, 0.5) is 0 Å². The normalized spacial score (nSPS) is 16.8. The summed E-state index contributed by atoms with van der Waals surface area (Å²) in [6.45, 7) is 3.17. The molecule has 0 bridgehead atoms. The van der Waals surface area contributed by atoms with Crippen molar-refractivity contribution in [3.63, 3.8) is 0 Å². The second-order valence-corrected chi connectivity index (χ2v) is 9.56. The van der Waals surface area contributed by atoms with Crippen molar-refractivity contribution in [3.05, 3.63) is 54.1 Å². The molecule has 1 aliphatic heterocycles. The van der Waals surface area contributed by atoms with Gasteiger partial charge in [0.2, 0.25) is 0 Å². The van der Waals surface area contributed by atoms with Crippen LogP contribution in [-0.4, -0.2) is 45.8 Å². The van der Waals surface area contributed by atoms with Crippen molar-refractivity contribution >= 4 is 20.6 Å². The third-order valence-electron chi connectivity index (χ3n) is 5.39. The minimum atomic E-state index is -3.08. The first-order valence-electron chi connectivity index (χ1n) is 9.85. The van der Waals surface area contributed by atoms with Crippen LogP contribution in [0.25, 0.3) is 10.8 Å². The molecule has 1 aliphatic rings. The third kappa shape index (κ3) is 6.03. The molecule has 2 aromatic carbocycles. The van der Waals surface area contributed by atoms with Gasteiger partial charge < -0.3 is 9.64 Å². The van der Waals surface area contributed by atoms with Gasteiger partial charge in [0.15, 0.2) is 9.84 Å². The number of hydrogen-bond donors (Lipinski definition) is 0. The summed E-state index contributed by atoms with van der Waals surface area (Å²) < 4.78 is 30.4. The molecule has 0 unspecified atom stereocenters. The highest BCUT2D eigenvalue weighted by molar-refractivity contribution is 7.90. The Morgan fingerprint density at radius 1 is 0.963 bits per heavy atom. The highest BCUT2D eigenvalue weighted by atomic mass is 32.2. The van der Waals surface area contributed by atoms with Gasteiger partial charge >= 0.3 is 0 Å². The fourth-order valence-corrected chi connectivity index (χ4v) is 5.31. The number of benzene rings is 2. The lowest BCUT2D eigenvalue weighted by molar-refractivity contribution is 0.120. The average Bonchev–Trinajstić information content (AvgIpc) is 2.68. The van der Waals surface area contributed by atoms with Crippen molar-refractivity contribution in [3.8, 4) is 0 Å². The van der Waals surface area contributed by atoms with E-state index in [2.05, 4.69) is 4.90 Å². The van der Waals surface area contributed by atoms with Gasteiger partial charge in [0.25, 0.3) is 0 Å². The van der Waals surface area contributed by atoms with Crippen molar-refractivity contribution in [2.24, 2.45) is 0 Å². The highest BCUT2D eigenvalue weighted by Gasteiger charge is 2.19. The Kier molecular flexibility index (Phi) is 7.27. The van der Waals surface area contributed by atoms with Gasteiger partial charge in [0, 0.05) is 20.2 Å². The molecule has 0 aromatic heterocycles. The summed E-state index contributed by atoms with van der Waals surface area (Å²) in [6, 6.07) is 13.9. The summed E-state index contributed by atoms with van der Waals surface area (Å²) in [4.78, 5) is 2.45. The zero-order valence-corrected chi connectivity index (χ0v) is 17.0.